The number of aliphatic carboxylic acids is 1. The minimum Gasteiger partial charge on any atom is -0.480 e. The summed E-state index contributed by atoms with van der Waals surface area (Å²) in [6.07, 6.45) is 1.71. The lowest BCUT2D eigenvalue weighted by Gasteiger charge is -2.14. The van der Waals surface area contributed by atoms with E-state index in [0.717, 1.165) is 5.57 Å². The zero-order chi connectivity index (χ0) is 12.1. The van der Waals surface area contributed by atoms with E-state index in [4.69, 9.17) is 15.6 Å². The topological polar surface area (TPSA) is 102 Å². The molecule has 1 amide bonds. The molecular weight excluding hydrogens is 212 g/mol. The van der Waals surface area contributed by atoms with E-state index in [-0.39, 0.29) is 25.0 Å². The maximum atomic E-state index is 11.4. The van der Waals surface area contributed by atoms with Crippen LogP contribution in [-0.4, -0.2) is 35.9 Å². The molecule has 90 valence electrons. The number of hydrogen-bond acceptors (Lipinski definition) is 4. The van der Waals surface area contributed by atoms with Crippen LogP contribution in [0.4, 0.5) is 0 Å². The van der Waals surface area contributed by atoms with Crippen molar-refractivity contribution in [3.63, 3.8) is 0 Å². The molecule has 0 aromatic carbocycles. The predicted molar refractivity (Wildman–Crippen MR) is 56.5 cm³/mol. The number of nitrogens with two attached hydrogens (primary N) is 1. The van der Waals surface area contributed by atoms with Crippen molar-refractivity contribution in [2.24, 2.45) is 5.73 Å². The largest absolute Gasteiger partial charge is 0.480 e. The summed E-state index contributed by atoms with van der Waals surface area (Å²) in [7, 11) is 0. The van der Waals surface area contributed by atoms with Crippen molar-refractivity contribution in [2.75, 3.05) is 6.61 Å². The molecule has 0 bridgehead atoms. The van der Waals surface area contributed by atoms with Crippen LogP contribution in [0.5, 0.6) is 0 Å². The average molecular weight is 228 g/mol. The molecule has 4 N–H and O–H groups in total. The molecule has 6 heteroatoms. The summed E-state index contributed by atoms with van der Waals surface area (Å²) >= 11 is 0. The second-order valence-electron chi connectivity index (χ2n) is 3.71. The van der Waals surface area contributed by atoms with E-state index in [1.807, 2.05) is 13.0 Å². The molecule has 0 spiro atoms. The molecule has 16 heavy (non-hydrogen) atoms. The quantitative estimate of drug-likeness (QED) is 0.555. The predicted octanol–water partition coefficient (Wildman–Crippen LogP) is -0.403. The highest BCUT2D eigenvalue weighted by Crippen LogP contribution is 2.10. The van der Waals surface area contributed by atoms with Crippen LogP contribution in [0.2, 0.25) is 0 Å². The summed E-state index contributed by atoms with van der Waals surface area (Å²) in [6, 6.07) is -0.994. The van der Waals surface area contributed by atoms with Gasteiger partial charge in [0.05, 0.1) is 6.61 Å². The molecule has 0 saturated carbocycles. The van der Waals surface area contributed by atoms with Crippen molar-refractivity contribution in [3.8, 4) is 0 Å². The van der Waals surface area contributed by atoms with E-state index < -0.39 is 12.0 Å². The Kier molecular flexibility index (Phi) is 4.45. The van der Waals surface area contributed by atoms with Gasteiger partial charge in [0.2, 0.25) is 5.91 Å². The standard InChI is InChI=1S/C10H16N2O4/c1-6-4-5-16-9(6)12-8(13)3-2-7(11)10(14)15/h4,7,9H,2-3,5,11H2,1H3,(H,12,13)(H,14,15)/t7-,9-/m0/s1. The first-order valence-electron chi connectivity index (χ1n) is 5.06. The van der Waals surface area contributed by atoms with E-state index in [9.17, 15) is 9.59 Å². The lowest BCUT2D eigenvalue weighted by atomic mass is 10.1. The summed E-state index contributed by atoms with van der Waals surface area (Å²) < 4.78 is 5.22. The van der Waals surface area contributed by atoms with Crippen molar-refractivity contribution < 1.29 is 19.4 Å². The van der Waals surface area contributed by atoms with Gasteiger partial charge in [0, 0.05) is 6.42 Å². The molecule has 2 atom stereocenters. The number of carboxylic acid groups (broad SMARTS) is 1. The highest BCUT2D eigenvalue weighted by atomic mass is 16.5. The number of carbonyl (C=O) groups is 2. The molecule has 0 aliphatic carbocycles. The molecule has 0 saturated heterocycles. The lowest BCUT2D eigenvalue weighted by Crippen LogP contribution is -2.37. The van der Waals surface area contributed by atoms with E-state index in [0.29, 0.717) is 6.61 Å². The molecule has 1 rings (SSSR count). The van der Waals surface area contributed by atoms with Crippen LogP contribution in [0.3, 0.4) is 0 Å². The van der Waals surface area contributed by atoms with Gasteiger partial charge in [-0.05, 0) is 18.9 Å². The van der Waals surface area contributed by atoms with Gasteiger partial charge < -0.3 is 20.9 Å². The van der Waals surface area contributed by atoms with Crippen molar-refractivity contribution in [3.05, 3.63) is 11.6 Å². The Hall–Kier alpha value is -1.40. The average Bonchev–Trinajstić information content (AvgIpc) is 2.60. The second kappa shape index (κ2) is 5.62. The molecule has 0 unspecified atom stereocenters. The van der Waals surface area contributed by atoms with Crippen molar-refractivity contribution >= 4 is 11.9 Å². The van der Waals surface area contributed by atoms with Crippen LogP contribution in [-0.2, 0) is 14.3 Å². The summed E-state index contributed by atoms with van der Waals surface area (Å²) in [5.74, 6) is -1.35. The third-order valence-electron chi connectivity index (χ3n) is 2.37. The van der Waals surface area contributed by atoms with Crippen LogP contribution in [0, 0.1) is 0 Å². The van der Waals surface area contributed by atoms with Crippen LogP contribution in [0.15, 0.2) is 11.6 Å². The van der Waals surface area contributed by atoms with Gasteiger partial charge in [-0.2, -0.15) is 0 Å². The molecule has 1 heterocycles. The Balaban J connectivity index is 2.26. The van der Waals surface area contributed by atoms with Crippen LogP contribution < -0.4 is 11.1 Å². The highest BCUT2D eigenvalue weighted by Gasteiger charge is 2.19. The number of carbonyl (C=O) groups excluding carboxylic acids is 1. The van der Waals surface area contributed by atoms with Gasteiger partial charge in [-0.3, -0.25) is 9.59 Å². The monoisotopic (exact) mass is 228 g/mol. The fourth-order valence-electron chi connectivity index (χ4n) is 1.30. The lowest BCUT2D eigenvalue weighted by molar-refractivity contribution is -0.138. The highest BCUT2D eigenvalue weighted by molar-refractivity contribution is 5.78. The molecule has 0 radical (unpaired) electrons. The maximum absolute atomic E-state index is 11.4. The van der Waals surface area contributed by atoms with Gasteiger partial charge >= 0.3 is 5.97 Å². The fraction of sp³-hybridized carbons (Fsp3) is 0.600. The van der Waals surface area contributed by atoms with Crippen molar-refractivity contribution in [1.29, 1.82) is 0 Å². The molecule has 0 aromatic rings. The normalized spacial score (nSPS) is 21.4. The smallest absolute Gasteiger partial charge is 0.320 e. The zero-order valence-corrected chi connectivity index (χ0v) is 9.10. The van der Waals surface area contributed by atoms with E-state index in [1.54, 1.807) is 0 Å². The summed E-state index contributed by atoms with van der Waals surface area (Å²) in [5.41, 5.74) is 6.23. The van der Waals surface area contributed by atoms with E-state index in [1.165, 1.54) is 0 Å². The first kappa shape index (κ1) is 12.7. The fourth-order valence-corrected chi connectivity index (χ4v) is 1.30. The van der Waals surface area contributed by atoms with Crippen LogP contribution >= 0.6 is 0 Å². The SMILES string of the molecule is CC1=CCO[C@@H]1NC(=O)CC[C@H](N)C(=O)O. The van der Waals surface area contributed by atoms with E-state index in [2.05, 4.69) is 5.32 Å². The minimum absolute atomic E-state index is 0.0839. The Labute approximate surface area is 93.4 Å². The molecular formula is C10H16N2O4. The molecule has 0 aromatic heterocycles. The number of nitrogens with one attached hydrogen (secondary N) is 1. The molecule has 6 nitrogen and oxygen atoms in total. The van der Waals surface area contributed by atoms with E-state index >= 15 is 0 Å². The molecule has 1 aliphatic rings. The Morgan fingerprint density at radius 2 is 2.44 bits per heavy atom. The number of ether oxygens (including phenoxy) is 1. The zero-order valence-electron chi connectivity index (χ0n) is 9.10. The minimum atomic E-state index is -1.10. The van der Waals surface area contributed by atoms with Gasteiger partial charge in [-0.1, -0.05) is 6.08 Å². The van der Waals surface area contributed by atoms with Gasteiger partial charge in [-0.25, -0.2) is 0 Å². The Morgan fingerprint density at radius 1 is 1.75 bits per heavy atom. The third-order valence-corrected chi connectivity index (χ3v) is 2.37. The molecule has 1 aliphatic heterocycles. The first-order chi connectivity index (χ1) is 7.50. The summed E-state index contributed by atoms with van der Waals surface area (Å²) in [5, 5.41) is 11.2. The number of amides is 1. The second-order valence-corrected chi connectivity index (χ2v) is 3.71. The van der Waals surface area contributed by atoms with Gasteiger partial charge in [0.1, 0.15) is 6.04 Å². The van der Waals surface area contributed by atoms with Gasteiger partial charge in [0.15, 0.2) is 6.23 Å². The van der Waals surface area contributed by atoms with Crippen LogP contribution in [0.1, 0.15) is 19.8 Å². The maximum Gasteiger partial charge on any atom is 0.320 e. The summed E-state index contributed by atoms with van der Waals surface area (Å²) in [4.78, 5) is 21.8. The van der Waals surface area contributed by atoms with Crippen molar-refractivity contribution in [2.45, 2.75) is 32.0 Å². The van der Waals surface area contributed by atoms with Crippen LogP contribution in [0.25, 0.3) is 0 Å². The summed E-state index contributed by atoms with van der Waals surface area (Å²) in [6.45, 7) is 2.35. The van der Waals surface area contributed by atoms with Crippen molar-refractivity contribution in [1.82, 2.24) is 5.32 Å². The Morgan fingerprint density at radius 3 is 2.94 bits per heavy atom. The number of rotatable bonds is 5. The molecule has 0 fully saturated rings. The first-order valence-corrected chi connectivity index (χ1v) is 5.06. The number of carboxylic acids is 1. The van der Waals surface area contributed by atoms with Gasteiger partial charge in [-0.15, -0.1) is 0 Å². The Bertz CT molecular complexity index is 314. The third kappa shape index (κ3) is 3.63. The van der Waals surface area contributed by atoms with Gasteiger partial charge in [0.25, 0.3) is 0 Å². The number of hydrogen-bond donors (Lipinski definition) is 3.